The van der Waals surface area contributed by atoms with Crippen LogP contribution in [0.5, 0.6) is 0 Å². The number of hydrogen-bond donors (Lipinski definition) is 0. The van der Waals surface area contributed by atoms with Crippen molar-refractivity contribution in [2.24, 2.45) is 0 Å². The van der Waals surface area contributed by atoms with Crippen molar-refractivity contribution in [2.45, 2.75) is 50.0 Å². The fraction of sp³-hybridized carbons (Fsp3) is 0.429. The van der Waals surface area contributed by atoms with Gasteiger partial charge in [-0.2, -0.15) is 0 Å². The third kappa shape index (κ3) is 3.59. The van der Waals surface area contributed by atoms with Crippen LogP contribution >= 0.6 is 24.0 Å². The van der Waals surface area contributed by atoms with E-state index in [9.17, 15) is 0 Å². The van der Waals surface area contributed by atoms with E-state index < -0.39 is 0 Å². The van der Waals surface area contributed by atoms with Gasteiger partial charge in [0.1, 0.15) is 11.8 Å². The van der Waals surface area contributed by atoms with E-state index >= 15 is 0 Å². The van der Waals surface area contributed by atoms with Gasteiger partial charge in [0.05, 0.1) is 0 Å². The van der Waals surface area contributed by atoms with Crippen LogP contribution in [0.25, 0.3) is 0 Å². The summed E-state index contributed by atoms with van der Waals surface area (Å²) in [6.07, 6.45) is 6.01. The molecule has 2 aliphatic heterocycles. The SMILES string of the molecule is CN1[C@@H]2CCC[C@@]1(OC(c1ccccc1)c1ccc(Cl)cc1)CC2.Cl. The summed E-state index contributed by atoms with van der Waals surface area (Å²) in [5.74, 6) is 0. The van der Waals surface area contributed by atoms with Gasteiger partial charge in [-0.1, -0.05) is 54.1 Å². The van der Waals surface area contributed by atoms with Crippen LogP contribution in [0.1, 0.15) is 49.3 Å². The summed E-state index contributed by atoms with van der Waals surface area (Å²) in [5.41, 5.74) is 2.25. The van der Waals surface area contributed by atoms with E-state index in [0.717, 1.165) is 17.9 Å². The highest BCUT2D eigenvalue weighted by Crippen LogP contribution is 2.47. The fourth-order valence-electron chi connectivity index (χ4n) is 4.36. The molecule has 25 heavy (non-hydrogen) atoms. The Labute approximate surface area is 161 Å². The lowest BCUT2D eigenvalue weighted by molar-refractivity contribution is -0.176. The summed E-state index contributed by atoms with van der Waals surface area (Å²) in [6, 6.07) is 19.3. The van der Waals surface area contributed by atoms with Gasteiger partial charge in [-0.3, -0.25) is 4.90 Å². The zero-order valence-electron chi connectivity index (χ0n) is 14.5. The molecule has 0 aliphatic carbocycles. The Morgan fingerprint density at radius 3 is 2.40 bits per heavy atom. The number of benzene rings is 2. The third-order valence-electron chi connectivity index (χ3n) is 5.78. The van der Waals surface area contributed by atoms with Crippen molar-refractivity contribution in [1.82, 2.24) is 4.90 Å². The predicted molar refractivity (Wildman–Crippen MR) is 105 cm³/mol. The number of piperidine rings is 1. The van der Waals surface area contributed by atoms with Crippen LogP contribution in [0.2, 0.25) is 5.02 Å². The molecule has 1 unspecified atom stereocenters. The van der Waals surface area contributed by atoms with Gasteiger partial charge >= 0.3 is 0 Å². The number of halogens is 2. The van der Waals surface area contributed by atoms with Gasteiger partial charge in [-0.05, 0) is 62.4 Å². The Hall–Kier alpha value is -1.06. The highest BCUT2D eigenvalue weighted by Gasteiger charge is 2.49. The van der Waals surface area contributed by atoms with Gasteiger partial charge < -0.3 is 4.74 Å². The summed E-state index contributed by atoms with van der Waals surface area (Å²) in [7, 11) is 2.24. The van der Waals surface area contributed by atoms with E-state index in [1.54, 1.807) is 0 Å². The second-order valence-corrected chi connectivity index (χ2v) is 7.54. The summed E-state index contributed by atoms with van der Waals surface area (Å²) < 4.78 is 6.88. The normalized spacial score (nSPS) is 26.9. The molecule has 2 saturated heterocycles. The molecule has 2 bridgehead atoms. The molecule has 134 valence electrons. The molecule has 2 fully saturated rings. The summed E-state index contributed by atoms with van der Waals surface area (Å²) >= 11 is 6.09. The number of ether oxygens (including phenoxy) is 1. The highest BCUT2D eigenvalue weighted by molar-refractivity contribution is 6.30. The first kappa shape index (κ1) is 18.7. The van der Waals surface area contributed by atoms with E-state index in [1.165, 1.54) is 30.4 Å². The molecule has 0 aromatic heterocycles. The largest absolute Gasteiger partial charge is 0.348 e. The van der Waals surface area contributed by atoms with Gasteiger partial charge in [0.2, 0.25) is 0 Å². The van der Waals surface area contributed by atoms with E-state index in [1.807, 2.05) is 12.1 Å². The van der Waals surface area contributed by atoms with Gasteiger partial charge in [-0.15, -0.1) is 12.4 Å². The average Bonchev–Trinajstić information content (AvgIpc) is 2.80. The first-order valence-electron chi connectivity index (χ1n) is 8.89. The van der Waals surface area contributed by atoms with Crippen molar-refractivity contribution >= 4 is 24.0 Å². The molecule has 2 aliphatic rings. The number of rotatable bonds is 4. The molecule has 4 heteroatoms. The third-order valence-corrected chi connectivity index (χ3v) is 6.03. The lowest BCUT2D eigenvalue weighted by atomic mass is 9.97. The molecule has 2 aromatic rings. The molecular weight excluding hydrogens is 353 g/mol. The van der Waals surface area contributed by atoms with Crippen molar-refractivity contribution in [3.63, 3.8) is 0 Å². The second-order valence-electron chi connectivity index (χ2n) is 7.10. The van der Waals surface area contributed by atoms with E-state index in [4.69, 9.17) is 16.3 Å². The minimum absolute atomic E-state index is 0. The van der Waals surface area contributed by atoms with E-state index in [0.29, 0.717) is 6.04 Å². The van der Waals surface area contributed by atoms with E-state index in [-0.39, 0.29) is 24.2 Å². The van der Waals surface area contributed by atoms with E-state index in [2.05, 4.69) is 54.4 Å². The zero-order chi connectivity index (χ0) is 16.6. The van der Waals surface area contributed by atoms with Crippen LogP contribution in [-0.2, 0) is 4.74 Å². The maximum atomic E-state index is 6.88. The fourth-order valence-corrected chi connectivity index (χ4v) is 4.49. The van der Waals surface area contributed by atoms with Gasteiger partial charge in [0.25, 0.3) is 0 Å². The van der Waals surface area contributed by atoms with Crippen LogP contribution in [0.4, 0.5) is 0 Å². The molecule has 0 radical (unpaired) electrons. The molecule has 3 atom stereocenters. The van der Waals surface area contributed by atoms with Crippen molar-refractivity contribution in [2.75, 3.05) is 7.05 Å². The minimum atomic E-state index is -0.122. The maximum absolute atomic E-state index is 6.88. The quantitative estimate of drug-likeness (QED) is 0.663. The lowest BCUT2D eigenvalue weighted by Gasteiger charge is -2.44. The Balaban J connectivity index is 0.00000182. The smallest absolute Gasteiger partial charge is 0.123 e. The van der Waals surface area contributed by atoms with Crippen LogP contribution < -0.4 is 0 Å². The molecule has 2 aromatic carbocycles. The molecule has 0 amide bonds. The molecule has 0 spiro atoms. The van der Waals surface area contributed by atoms with Crippen LogP contribution in [-0.4, -0.2) is 23.7 Å². The number of fused-ring (bicyclic) bond motifs is 2. The number of nitrogens with zero attached hydrogens (tertiary/aromatic N) is 1. The lowest BCUT2D eigenvalue weighted by Crippen LogP contribution is -2.50. The van der Waals surface area contributed by atoms with Crippen molar-refractivity contribution < 1.29 is 4.74 Å². The Kier molecular flexibility index (Phi) is 5.75. The predicted octanol–water partition coefficient (Wildman–Crippen LogP) is 5.84. The molecule has 2 nitrogen and oxygen atoms in total. The monoisotopic (exact) mass is 377 g/mol. The first-order chi connectivity index (χ1) is 11.7. The molecule has 0 saturated carbocycles. The minimum Gasteiger partial charge on any atom is -0.348 e. The summed E-state index contributed by atoms with van der Waals surface area (Å²) in [6.45, 7) is 0. The molecule has 4 rings (SSSR count). The molecule has 2 heterocycles. The Morgan fingerprint density at radius 2 is 1.68 bits per heavy atom. The van der Waals surface area contributed by atoms with Crippen molar-refractivity contribution in [3.8, 4) is 0 Å². The maximum Gasteiger partial charge on any atom is 0.123 e. The Bertz CT molecular complexity index is 687. The van der Waals surface area contributed by atoms with Gasteiger partial charge in [0.15, 0.2) is 0 Å². The molecule has 0 N–H and O–H groups in total. The van der Waals surface area contributed by atoms with Crippen molar-refractivity contribution in [1.29, 1.82) is 0 Å². The van der Waals surface area contributed by atoms with Crippen LogP contribution in [0, 0.1) is 0 Å². The average molecular weight is 378 g/mol. The Morgan fingerprint density at radius 1 is 1.00 bits per heavy atom. The standard InChI is InChI=1S/C21H24ClNO.ClH/c1-23-19-8-5-14-21(23,15-13-19)24-20(16-6-3-2-4-7-16)17-9-11-18(22)12-10-17;/h2-4,6-7,9-12,19-20H,5,8,13-15H2,1H3;1H/t19-,20?,21-;/m1./s1. The highest BCUT2D eigenvalue weighted by atomic mass is 35.5. The topological polar surface area (TPSA) is 12.5 Å². The zero-order valence-corrected chi connectivity index (χ0v) is 16.1. The summed E-state index contributed by atoms with van der Waals surface area (Å²) in [5, 5.41) is 0.763. The van der Waals surface area contributed by atoms with Crippen molar-refractivity contribution in [3.05, 3.63) is 70.7 Å². The molecular formula is C21H25Cl2NO. The van der Waals surface area contributed by atoms with Gasteiger partial charge in [0, 0.05) is 11.1 Å². The van der Waals surface area contributed by atoms with Gasteiger partial charge in [-0.25, -0.2) is 0 Å². The summed E-state index contributed by atoms with van der Waals surface area (Å²) in [4.78, 5) is 2.49. The first-order valence-corrected chi connectivity index (χ1v) is 9.27. The van der Waals surface area contributed by atoms with Crippen LogP contribution in [0.15, 0.2) is 54.6 Å². The number of hydrogen-bond acceptors (Lipinski definition) is 2. The van der Waals surface area contributed by atoms with Crippen LogP contribution in [0.3, 0.4) is 0 Å². The second kappa shape index (κ2) is 7.67.